The van der Waals surface area contributed by atoms with Crippen LogP contribution < -0.4 is 4.74 Å². The molecule has 0 aliphatic heterocycles. The second kappa shape index (κ2) is 5.85. The number of aliphatic hydroxyl groups excluding tert-OH is 1. The van der Waals surface area contributed by atoms with Crippen LogP contribution in [-0.4, -0.2) is 15.0 Å². The van der Waals surface area contributed by atoms with E-state index in [2.05, 4.69) is 4.98 Å². The van der Waals surface area contributed by atoms with Crippen molar-refractivity contribution in [3.63, 3.8) is 0 Å². The van der Waals surface area contributed by atoms with Crippen molar-refractivity contribution in [2.45, 2.75) is 13.0 Å². The van der Waals surface area contributed by atoms with Gasteiger partial charge in [0.25, 0.3) is 5.69 Å². The molecule has 1 aromatic heterocycles. The molecule has 2 aromatic rings. The van der Waals surface area contributed by atoms with Crippen LogP contribution in [0.25, 0.3) is 0 Å². The standard InChI is InChI=1S/C13H11ClN2O4/c1-8(17)9-4-5-15-13(6-9)20-12-7-10(16(18)19)2-3-11(12)14/h2-8,17H,1H3/t8-/m1/s1. The average Bonchev–Trinajstić information content (AvgIpc) is 2.41. The lowest BCUT2D eigenvalue weighted by atomic mass is 10.2. The van der Waals surface area contributed by atoms with E-state index in [9.17, 15) is 15.2 Å². The smallest absolute Gasteiger partial charge is 0.273 e. The average molecular weight is 295 g/mol. The molecule has 0 saturated heterocycles. The highest BCUT2D eigenvalue weighted by Crippen LogP contribution is 2.32. The van der Waals surface area contributed by atoms with Gasteiger partial charge >= 0.3 is 0 Å². The molecule has 0 unspecified atom stereocenters. The van der Waals surface area contributed by atoms with Crippen LogP contribution in [-0.2, 0) is 0 Å². The summed E-state index contributed by atoms with van der Waals surface area (Å²) in [5, 5.41) is 20.4. The number of nitro benzene ring substituents is 1. The molecule has 0 radical (unpaired) electrons. The van der Waals surface area contributed by atoms with E-state index in [1.54, 1.807) is 19.1 Å². The van der Waals surface area contributed by atoms with Gasteiger partial charge in [0.1, 0.15) is 0 Å². The molecule has 6 nitrogen and oxygen atoms in total. The Bertz CT molecular complexity index is 646. The Kier molecular flexibility index (Phi) is 4.16. The van der Waals surface area contributed by atoms with Crippen molar-refractivity contribution in [2.75, 3.05) is 0 Å². The Hall–Kier alpha value is -2.18. The van der Waals surface area contributed by atoms with Crippen LogP contribution in [0.1, 0.15) is 18.6 Å². The number of rotatable bonds is 4. The quantitative estimate of drug-likeness (QED) is 0.689. The van der Waals surface area contributed by atoms with Crippen molar-refractivity contribution in [3.8, 4) is 11.6 Å². The first-order chi connectivity index (χ1) is 9.47. The Balaban J connectivity index is 2.32. The topological polar surface area (TPSA) is 85.5 Å². The highest BCUT2D eigenvalue weighted by molar-refractivity contribution is 6.32. The number of nitrogens with zero attached hydrogens (tertiary/aromatic N) is 2. The number of nitro groups is 1. The number of non-ortho nitro benzene ring substituents is 1. The number of halogens is 1. The third-order valence-corrected chi connectivity index (χ3v) is 2.89. The number of hydrogen-bond donors (Lipinski definition) is 1. The normalized spacial score (nSPS) is 11.9. The maximum Gasteiger partial charge on any atom is 0.273 e. The summed E-state index contributed by atoms with van der Waals surface area (Å²) in [6.45, 7) is 1.61. The number of aliphatic hydroxyl groups is 1. The van der Waals surface area contributed by atoms with E-state index >= 15 is 0 Å². The van der Waals surface area contributed by atoms with E-state index < -0.39 is 11.0 Å². The minimum absolute atomic E-state index is 0.129. The number of ether oxygens (including phenoxy) is 1. The molecule has 20 heavy (non-hydrogen) atoms. The zero-order valence-corrected chi connectivity index (χ0v) is 11.2. The van der Waals surface area contributed by atoms with E-state index in [0.29, 0.717) is 5.56 Å². The van der Waals surface area contributed by atoms with Gasteiger partial charge in [-0.1, -0.05) is 11.6 Å². The van der Waals surface area contributed by atoms with Crippen LogP contribution in [0.2, 0.25) is 5.02 Å². The summed E-state index contributed by atoms with van der Waals surface area (Å²) >= 11 is 5.93. The Morgan fingerprint density at radius 1 is 1.40 bits per heavy atom. The second-order valence-electron chi connectivity index (χ2n) is 4.08. The molecule has 0 bridgehead atoms. The van der Waals surface area contributed by atoms with Gasteiger partial charge in [0, 0.05) is 18.3 Å². The molecule has 1 aromatic carbocycles. The molecule has 0 aliphatic carbocycles. The van der Waals surface area contributed by atoms with Crippen LogP contribution in [0, 0.1) is 10.1 Å². The fourth-order valence-corrected chi connectivity index (χ4v) is 1.69. The Labute approximate surface area is 119 Å². The van der Waals surface area contributed by atoms with Gasteiger partial charge in [-0.15, -0.1) is 0 Å². The summed E-state index contributed by atoms with van der Waals surface area (Å²) < 4.78 is 5.43. The van der Waals surface area contributed by atoms with Crippen molar-refractivity contribution in [1.29, 1.82) is 0 Å². The minimum atomic E-state index is -0.666. The van der Waals surface area contributed by atoms with E-state index in [-0.39, 0.29) is 22.3 Å². The number of hydrogen-bond acceptors (Lipinski definition) is 5. The highest BCUT2D eigenvalue weighted by atomic mass is 35.5. The molecule has 7 heteroatoms. The first-order valence-electron chi connectivity index (χ1n) is 5.73. The predicted octanol–water partition coefficient (Wildman–Crippen LogP) is 3.49. The summed E-state index contributed by atoms with van der Waals surface area (Å²) in [7, 11) is 0. The summed E-state index contributed by atoms with van der Waals surface area (Å²) in [5.74, 6) is 0.335. The highest BCUT2D eigenvalue weighted by Gasteiger charge is 2.12. The van der Waals surface area contributed by atoms with Gasteiger partial charge in [-0.25, -0.2) is 4.98 Å². The molecule has 1 atom stereocenters. The van der Waals surface area contributed by atoms with Gasteiger partial charge in [0.15, 0.2) is 5.75 Å². The SMILES string of the molecule is C[C@@H](O)c1ccnc(Oc2cc([N+](=O)[O-])ccc2Cl)c1. The predicted molar refractivity (Wildman–Crippen MR) is 73.1 cm³/mol. The van der Waals surface area contributed by atoms with Crippen molar-refractivity contribution < 1.29 is 14.8 Å². The van der Waals surface area contributed by atoms with Crippen molar-refractivity contribution in [1.82, 2.24) is 4.98 Å². The van der Waals surface area contributed by atoms with E-state index in [1.807, 2.05) is 0 Å². The zero-order chi connectivity index (χ0) is 14.7. The van der Waals surface area contributed by atoms with E-state index in [4.69, 9.17) is 16.3 Å². The van der Waals surface area contributed by atoms with Crippen LogP contribution in [0.5, 0.6) is 11.6 Å². The second-order valence-corrected chi connectivity index (χ2v) is 4.48. The molecule has 0 spiro atoms. The molecule has 1 N–H and O–H groups in total. The van der Waals surface area contributed by atoms with Gasteiger partial charge in [-0.3, -0.25) is 10.1 Å². The van der Waals surface area contributed by atoms with Crippen LogP contribution in [0.4, 0.5) is 5.69 Å². The van der Waals surface area contributed by atoms with Gasteiger partial charge in [-0.2, -0.15) is 0 Å². The van der Waals surface area contributed by atoms with Gasteiger partial charge in [0.2, 0.25) is 5.88 Å². The lowest BCUT2D eigenvalue weighted by Gasteiger charge is -2.09. The van der Waals surface area contributed by atoms with E-state index in [1.165, 1.54) is 24.4 Å². The molecule has 0 aliphatic rings. The maximum atomic E-state index is 10.7. The van der Waals surface area contributed by atoms with Crippen LogP contribution >= 0.6 is 11.6 Å². The fraction of sp³-hybridized carbons (Fsp3) is 0.154. The monoisotopic (exact) mass is 294 g/mol. The summed E-state index contributed by atoms with van der Waals surface area (Å²) in [6, 6.07) is 7.08. The largest absolute Gasteiger partial charge is 0.437 e. The molecular formula is C13H11ClN2O4. The summed E-state index contributed by atoms with van der Waals surface area (Å²) in [4.78, 5) is 14.2. The third kappa shape index (κ3) is 3.23. The molecule has 1 heterocycles. The fourth-order valence-electron chi connectivity index (χ4n) is 1.54. The molecular weight excluding hydrogens is 284 g/mol. The Morgan fingerprint density at radius 2 is 2.15 bits per heavy atom. The summed E-state index contributed by atoms with van der Waals surface area (Å²) in [6.07, 6.45) is 0.809. The number of pyridine rings is 1. The van der Waals surface area contributed by atoms with Gasteiger partial charge in [0.05, 0.1) is 22.1 Å². The minimum Gasteiger partial charge on any atom is -0.437 e. The Morgan fingerprint density at radius 3 is 2.80 bits per heavy atom. The summed E-state index contributed by atoms with van der Waals surface area (Å²) in [5.41, 5.74) is 0.493. The van der Waals surface area contributed by atoms with Crippen LogP contribution in [0.15, 0.2) is 36.5 Å². The van der Waals surface area contributed by atoms with Crippen LogP contribution in [0.3, 0.4) is 0 Å². The first kappa shape index (κ1) is 14.2. The zero-order valence-electron chi connectivity index (χ0n) is 10.5. The maximum absolute atomic E-state index is 10.7. The molecule has 2 rings (SSSR count). The molecule has 0 fully saturated rings. The molecule has 104 valence electrons. The lowest BCUT2D eigenvalue weighted by Crippen LogP contribution is -1.95. The van der Waals surface area contributed by atoms with Gasteiger partial charge < -0.3 is 9.84 Å². The molecule has 0 amide bonds. The molecule has 0 saturated carbocycles. The number of benzene rings is 1. The number of aromatic nitrogens is 1. The van der Waals surface area contributed by atoms with E-state index in [0.717, 1.165) is 0 Å². The van der Waals surface area contributed by atoms with Crippen molar-refractivity contribution in [3.05, 3.63) is 57.2 Å². The van der Waals surface area contributed by atoms with Crippen molar-refractivity contribution >= 4 is 17.3 Å². The first-order valence-corrected chi connectivity index (χ1v) is 6.11. The third-order valence-electron chi connectivity index (χ3n) is 2.58. The van der Waals surface area contributed by atoms with Gasteiger partial charge in [-0.05, 0) is 24.6 Å². The lowest BCUT2D eigenvalue weighted by molar-refractivity contribution is -0.384. The van der Waals surface area contributed by atoms with Crippen molar-refractivity contribution in [2.24, 2.45) is 0 Å².